The average Bonchev–Trinajstić information content (AvgIpc) is 2.00. The van der Waals surface area contributed by atoms with Crippen LogP contribution in [0.1, 0.15) is 27.7 Å². The van der Waals surface area contributed by atoms with E-state index >= 15 is 0 Å². The van der Waals surface area contributed by atoms with Gasteiger partial charge in [-0.1, -0.05) is 0 Å². The second kappa shape index (κ2) is 6.92. The molecule has 0 atom stereocenters. The van der Waals surface area contributed by atoms with Crippen molar-refractivity contribution in [1.82, 2.24) is 10.6 Å². The van der Waals surface area contributed by atoms with Crippen LogP contribution in [0.5, 0.6) is 0 Å². The number of nitrogens with one attached hydrogen (secondary N) is 2. The Kier molecular flexibility index (Phi) is 6.24. The average molecular weight is 218 g/mol. The summed E-state index contributed by atoms with van der Waals surface area (Å²) in [5, 5.41) is 4.69. The number of carbonyl (C=O) groups is 2. The van der Waals surface area contributed by atoms with Crippen molar-refractivity contribution in [2.45, 2.75) is 39.9 Å². The van der Waals surface area contributed by atoms with Gasteiger partial charge in [0.25, 0.3) is 0 Å². The number of alkyl carbamates (subject to hydrolysis) is 2. The van der Waals surface area contributed by atoms with Gasteiger partial charge >= 0.3 is 12.2 Å². The molecule has 0 heterocycles. The standard InChI is InChI=1S/C9H18N2O4/c1-6(2)14-8(12)10-5-11-9(13)15-7(3)4/h6-7H,5H2,1-4H3,(H,10,12)(H,11,13). The Hall–Kier alpha value is -1.46. The minimum absolute atomic E-state index is 0.0168. The molecular formula is C9H18N2O4. The smallest absolute Gasteiger partial charge is 0.408 e. The van der Waals surface area contributed by atoms with Gasteiger partial charge in [-0.3, -0.25) is 0 Å². The van der Waals surface area contributed by atoms with Crippen molar-refractivity contribution in [3.8, 4) is 0 Å². The van der Waals surface area contributed by atoms with E-state index in [4.69, 9.17) is 9.47 Å². The molecule has 2 amide bonds. The van der Waals surface area contributed by atoms with Gasteiger partial charge in [0.1, 0.15) is 0 Å². The zero-order chi connectivity index (χ0) is 11.8. The van der Waals surface area contributed by atoms with Gasteiger partial charge in [-0.25, -0.2) is 9.59 Å². The summed E-state index contributed by atoms with van der Waals surface area (Å²) in [7, 11) is 0. The van der Waals surface area contributed by atoms with Gasteiger partial charge in [0, 0.05) is 0 Å². The first-order chi connectivity index (χ1) is 6.91. The highest BCUT2D eigenvalue weighted by atomic mass is 16.6. The number of amides is 2. The molecule has 0 spiro atoms. The molecule has 0 unspecified atom stereocenters. The summed E-state index contributed by atoms with van der Waals surface area (Å²) in [6.45, 7) is 6.93. The minimum atomic E-state index is -0.574. The lowest BCUT2D eigenvalue weighted by molar-refractivity contribution is 0.108. The molecule has 0 bridgehead atoms. The summed E-state index contributed by atoms with van der Waals surface area (Å²) in [4.78, 5) is 21.9. The molecule has 6 nitrogen and oxygen atoms in total. The highest BCUT2D eigenvalue weighted by molar-refractivity contribution is 5.70. The topological polar surface area (TPSA) is 76.7 Å². The molecule has 0 saturated heterocycles. The molecule has 2 N–H and O–H groups in total. The van der Waals surface area contributed by atoms with Gasteiger partial charge in [-0.2, -0.15) is 0 Å². The fraction of sp³-hybridized carbons (Fsp3) is 0.778. The zero-order valence-electron chi connectivity index (χ0n) is 9.49. The SMILES string of the molecule is CC(C)OC(=O)NCNC(=O)OC(C)C. The summed E-state index contributed by atoms with van der Waals surface area (Å²) in [5.74, 6) is 0. The van der Waals surface area contributed by atoms with Gasteiger partial charge < -0.3 is 20.1 Å². The van der Waals surface area contributed by atoms with Crippen molar-refractivity contribution in [2.24, 2.45) is 0 Å². The van der Waals surface area contributed by atoms with Crippen LogP contribution in [-0.4, -0.2) is 31.1 Å². The number of carbonyl (C=O) groups excluding carboxylic acids is 2. The molecule has 0 aliphatic heterocycles. The molecule has 0 aliphatic carbocycles. The van der Waals surface area contributed by atoms with E-state index in [2.05, 4.69) is 10.6 Å². The fourth-order valence-electron chi connectivity index (χ4n) is 0.700. The normalized spacial score (nSPS) is 10.0. The van der Waals surface area contributed by atoms with Gasteiger partial charge in [0.15, 0.2) is 0 Å². The number of ether oxygens (including phenoxy) is 2. The first kappa shape index (κ1) is 13.5. The highest BCUT2D eigenvalue weighted by Gasteiger charge is 2.06. The van der Waals surface area contributed by atoms with E-state index in [-0.39, 0.29) is 18.9 Å². The summed E-state index contributed by atoms with van der Waals surface area (Å²) in [6, 6.07) is 0. The Morgan fingerprint density at radius 1 is 0.933 bits per heavy atom. The molecule has 0 radical (unpaired) electrons. The quantitative estimate of drug-likeness (QED) is 0.695. The first-order valence-corrected chi connectivity index (χ1v) is 4.80. The van der Waals surface area contributed by atoms with Gasteiger partial charge in [0.2, 0.25) is 0 Å². The minimum Gasteiger partial charge on any atom is -0.447 e. The van der Waals surface area contributed by atoms with Crippen molar-refractivity contribution in [1.29, 1.82) is 0 Å². The van der Waals surface area contributed by atoms with E-state index < -0.39 is 12.2 Å². The molecule has 0 saturated carbocycles. The van der Waals surface area contributed by atoms with E-state index in [1.807, 2.05) is 0 Å². The van der Waals surface area contributed by atoms with Crippen LogP contribution < -0.4 is 10.6 Å². The van der Waals surface area contributed by atoms with Crippen molar-refractivity contribution in [3.05, 3.63) is 0 Å². The Balaban J connectivity index is 3.53. The molecule has 0 aromatic rings. The molecule has 6 heteroatoms. The van der Waals surface area contributed by atoms with E-state index in [1.54, 1.807) is 27.7 Å². The molecule has 0 aromatic heterocycles. The lowest BCUT2D eigenvalue weighted by atomic mass is 10.5. The van der Waals surface area contributed by atoms with Crippen LogP contribution in [0.2, 0.25) is 0 Å². The van der Waals surface area contributed by atoms with Crippen LogP contribution in [0.25, 0.3) is 0 Å². The number of hydrogen-bond acceptors (Lipinski definition) is 4. The predicted molar refractivity (Wildman–Crippen MR) is 54.4 cm³/mol. The third-order valence-electron chi connectivity index (χ3n) is 1.15. The fourth-order valence-corrected chi connectivity index (χ4v) is 0.700. The molecule has 0 aliphatic rings. The van der Waals surface area contributed by atoms with Crippen LogP contribution in [0.3, 0.4) is 0 Å². The largest absolute Gasteiger partial charge is 0.447 e. The van der Waals surface area contributed by atoms with E-state index in [9.17, 15) is 9.59 Å². The van der Waals surface area contributed by atoms with E-state index in [1.165, 1.54) is 0 Å². The van der Waals surface area contributed by atoms with Crippen LogP contribution >= 0.6 is 0 Å². The van der Waals surface area contributed by atoms with Crippen LogP contribution in [-0.2, 0) is 9.47 Å². The van der Waals surface area contributed by atoms with Gasteiger partial charge in [-0.15, -0.1) is 0 Å². The highest BCUT2D eigenvalue weighted by Crippen LogP contribution is 1.88. The monoisotopic (exact) mass is 218 g/mol. The molecule has 0 aromatic carbocycles. The Morgan fingerprint density at radius 3 is 1.53 bits per heavy atom. The predicted octanol–water partition coefficient (Wildman–Crippen LogP) is 1.21. The second-order valence-electron chi connectivity index (χ2n) is 3.44. The molecule has 15 heavy (non-hydrogen) atoms. The summed E-state index contributed by atoms with van der Waals surface area (Å²) >= 11 is 0. The third kappa shape index (κ3) is 8.86. The maximum Gasteiger partial charge on any atom is 0.408 e. The van der Waals surface area contributed by atoms with E-state index in [0.717, 1.165) is 0 Å². The maximum absolute atomic E-state index is 10.9. The van der Waals surface area contributed by atoms with Crippen molar-refractivity contribution in [2.75, 3.05) is 6.67 Å². The Morgan fingerprint density at radius 2 is 1.27 bits per heavy atom. The third-order valence-corrected chi connectivity index (χ3v) is 1.15. The van der Waals surface area contributed by atoms with E-state index in [0.29, 0.717) is 0 Å². The van der Waals surface area contributed by atoms with Crippen LogP contribution in [0.4, 0.5) is 9.59 Å². The summed E-state index contributed by atoms with van der Waals surface area (Å²) < 4.78 is 9.54. The van der Waals surface area contributed by atoms with Gasteiger partial charge in [0.05, 0.1) is 18.9 Å². The number of rotatable bonds is 4. The van der Waals surface area contributed by atoms with Crippen molar-refractivity contribution in [3.63, 3.8) is 0 Å². The second-order valence-corrected chi connectivity index (χ2v) is 3.44. The zero-order valence-corrected chi connectivity index (χ0v) is 9.49. The summed E-state index contributed by atoms with van der Waals surface area (Å²) in [6.07, 6.45) is -1.52. The number of hydrogen-bond donors (Lipinski definition) is 2. The summed E-state index contributed by atoms with van der Waals surface area (Å²) in [5.41, 5.74) is 0. The van der Waals surface area contributed by atoms with Crippen LogP contribution in [0.15, 0.2) is 0 Å². The molecule has 88 valence electrons. The Bertz CT molecular complexity index is 194. The molecular weight excluding hydrogens is 200 g/mol. The van der Waals surface area contributed by atoms with Gasteiger partial charge in [-0.05, 0) is 27.7 Å². The Labute approximate surface area is 89.3 Å². The van der Waals surface area contributed by atoms with Crippen LogP contribution in [0, 0.1) is 0 Å². The lowest BCUT2D eigenvalue weighted by Gasteiger charge is -2.11. The molecule has 0 rings (SSSR count). The van der Waals surface area contributed by atoms with Crippen molar-refractivity contribution < 1.29 is 19.1 Å². The maximum atomic E-state index is 10.9. The molecule has 0 fully saturated rings. The lowest BCUT2D eigenvalue weighted by Crippen LogP contribution is -2.39. The first-order valence-electron chi connectivity index (χ1n) is 4.80. The van der Waals surface area contributed by atoms with Crippen molar-refractivity contribution >= 4 is 12.2 Å².